The highest BCUT2D eigenvalue weighted by Crippen LogP contribution is 2.23. The first kappa shape index (κ1) is 17.5. The molecule has 4 heterocycles. The van der Waals surface area contributed by atoms with Gasteiger partial charge in [0, 0.05) is 70.2 Å². The Kier molecular flexibility index (Phi) is 5.24. The normalized spacial score (nSPS) is 22.1. The van der Waals surface area contributed by atoms with Crippen LogP contribution in [-0.4, -0.2) is 73.3 Å². The van der Waals surface area contributed by atoms with Gasteiger partial charge in [0.2, 0.25) is 11.9 Å². The van der Waals surface area contributed by atoms with Gasteiger partial charge in [0.05, 0.1) is 0 Å². The molecular formula is C19H29N5O2. The summed E-state index contributed by atoms with van der Waals surface area (Å²) in [6.07, 6.45) is 4.20. The van der Waals surface area contributed by atoms with E-state index in [-0.39, 0.29) is 5.92 Å². The van der Waals surface area contributed by atoms with Crippen molar-refractivity contribution in [3.63, 3.8) is 0 Å². The molecule has 26 heavy (non-hydrogen) atoms. The van der Waals surface area contributed by atoms with Crippen molar-refractivity contribution in [1.82, 2.24) is 14.9 Å². The fourth-order valence-corrected chi connectivity index (χ4v) is 4.12. The number of anilines is 2. The monoisotopic (exact) mass is 359 g/mol. The third-order valence-corrected chi connectivity index (χ3v) is 5.70. The number of piperazine rings is 1. The Morgan fingerprint density at radius 1 is 1.00 bits per heavy atom. The van der Waals surface area contributed by atoms with Gasteiger partial charge in [-0.25, -0.2) is 4.98 Å². The van der Waals surface area contributed by atoms with Gasteiger partial charge >= 0.3 is 0 Å². The Bertz CT molecular complexity index is 633. The summed E-state index contributed by atoms with van der Waals surface area (Å²) >= 11 is 0. The molecule has 0 atom stereocenters. The summed E-state index contributed by atoms with van der Waals surface area (Å²) in [7, 11) is 0. The number of hydrogen-bond acceptors (Lipinski definition) is 6. The van der Waals surface area contributed by atoms with Crippen molar-refractivity contribution >= 4 is 17.7 Å². The zero-order chi connectivity index (χ0) is 17.9. The third-order valence-electron chi connectivity index (χ3n) is 5.70. The molecule has 3 saturated heterocycles. The molecule has 7 nitrogen and oxygen atoms in total. The Hall–Kier alpha value is -1.89. The number of amides is 1. The van der Waals surface area contributed by atoms with Crippen LogP contribution in [0.1, 0.15) is 31.4 Å². The molecule has 0 bridgehead atoms. The Labute approximate surface area is 155 Å². The van der Waals surface area contributed by atoms with Crippen LogP contribution in [0.2, 0.25) is 0 Å². The van der Waals surface area contributed by atoms with Gasteiger partial charge in [-0.2, -0.15) is 4.98 Å². The first-order chi connectivity index (χ1) is 12.7. The third kappa shape index (κ3) is 3.77. The van der Waals surface area contributed by atoms with E-state index in [1.54, 1.807) is 0 Å². The zero-order valence-corrected chi connectivity index (χ0v) is 15.7. The SMILES string of the molecule is Cc1cc(N2CCCC2)nc(N2CCN(C(=O)C3CCOCC3)CC2)n1. The van der Waals surface area contributed by atoms with Crippen LogP contribution in [0.15, 0.2) is 6.07 Å². The van der Waals surface area contributed by atoms with Gasteiger partial charge < -0.3 is 19.4 Å². The number of hydrogen-bond donors (Lipinski definition) is 0. The second-order valence-electron chi connectivity index (χ2n) is 7.56. The van der Waals surface area contributed by atoms with Crippen LogP contribution in [0.4, 0.5) is 11.8 Å². The summed E-state index contributed by atoms with van der Waals surface area (Å²) < 4.78 is 5.38. The minimum atomic E-state index is 0.146. The number of carbonyl (C=O) groups is 1. The van der Waals surface area contributed by atoms with Crippen molar-refractivity contribution in [2.24, 2.45) is 5.92 Å². The smallest absolute Gasteiger partial charge is 0.227 e. The predicted octanol–water partition coefficient (Wildman–Crippen LogP) is 1.46. The van der Waals surface area contributed by atoms with Gasteiger partial charge in [0.1, 0.15) is 5.82 Å². The highest BCUT2D eigenvalue weighted by molar-refractivity contribution is 5.79. The molecule has 1 amide bonds. The highest BCUT2D eigenvalue weighted by atomic mass is 16.5. The van der Waals surface area contributed by atoms with Crippen molar-refractivity contribution in [3.05, 3.63) is 11.8 Å². The van der Waals surface area contributed by atoms with Crippen LogP contribution in [-0.2, 0) is 9.53 Å². The summed E-state index contributed by atoms with van der Waals surface area (Å²) in [4.78, 5) is 28.8. The van der Waals surface area contributed by atoms with Crippen molar-refractivity contribution in [1.29, 1.82) is 0 Å². The van der Waals surface area contributed by atoms with Crippen LogP contribution < -0.4 is 9.80 Å². The number of rotatable bonds is 3. The van der Waals surface area contributed by atoms with E-state index in [0.717, 1.165) is 69.6 Å². The topological polar surface area (TPSA) is 61.8 Å². The Morgan fingerprint density at radius 3 is 2.38 bits per heavy atom. The molecule has 1 aromatic heterocycles. The van der Waals surface area contributed by atoms with Crippen molar-refractivity contribution < 1.29 is 9.53 Å². The minimum absolute atomic E-state index is 0.146. The lowest BCUT2D eigenvalue weighted by Gasteiger charge is -2.37. The summed E-state index contributed by atoms with van der Waals surface area (Å²) in [6.45, 7) is 8.76. The largest absolute Gasteiger partial charge is 0.381 e. The summed E-state index contributed by atoms with van der Waals surface area (Å²) in [6, 6.07) is 2.08. The van der Waals surface area contributed by atoms with Crippen molar-refractivity contribution in [2.45, 2.75) is 32.6 Å². The molecule has 0 N–H and O–H groups in total. The van der Waals surface area contributed by atoms with Crippen LogP contribution in [0, 0.1) is 12.8 Å². The number of aryl methyl sites for hydroxylation is 1. The number of ether oxygens (including phenoxy) is 1. The molecule has 0 spiro atoms. The molecule has 0 aliphatic carbocycles. The molecule has 0 saturated carbocycles. The fraction of sp³-hybridized carbons (Fsp3) is 0.737. The van der Waals surface area contributed by atoms with E-state index in [2.05, 4.69) is 20.9 Å². The average molecular weight is 359 g/mol. The maximum Gasteiger partial charge on any atom is 0.227 e. The first-order valence-electron chi connectivity index (χ1n) is 9.93. The van der Waals surface area contributed by atoms with Crippen LogP contribution in [0.5, 0.6) is 0 Å². The van der Waals surface area contributed by atoms with Crippen molar-refractivity contribution in [2.75, 3.05) is 62.3 Å². The van der Waals surface area contributed by atoms with E-state index in [1.807, 2.05) is 11.8 Å². The number of aromatic nitrogens is 2. The standard InChI is InChI=1S/C19H29N5O2/c1-15-14-17(22-6-2-3-7-22)21-19(20-15)24-10-8-23(9-11-24)18(25)16-4-12-26-13-5-16/h14,16H,2-13H2,1H3. The molecule has 4 rings (SSSR count). The van der Waals surface area contributed by atoms with Crippen LogP contribution >= 0.6 is 0 Å². The molecule has 0 unspecified atom stereocenters. The Balaban J connectivity index is 1.39. The van der Waals surface area contributed by atoms with E-state index >= 15 is 0 Å². The molecule has 1 aromatic rings. The summed E-state index contributed by atoms with van der Waals surface area (Å²) in [5, 5.41) is 0. The minimum Gasteiger partial charge on any atom is -0.381 e. The lowest BCUT2D eigenvalue weighted by Crippen LogP contribution is -2.51. The van der Waals surface area contributed by atoms with E-state index < -0.39 is 0 Å². The summed E-state index contributed by atoms with van der Waals surface area (Å²) in [5.41, 5.74) is 1.01. The van der Waals surface area contributed by atoms with Gasteiger partial charge in [0.25, 0.3) is 0 Å². The van der Waals surface area contributed by atoms with Gasteiger partial charge in [-0.15, -0.1) is 0 Å². The second-order valence-corrected chi connectivity index (χ2v) is 7.56. The molecule has 3 aliphatic rings. The van der Waals surface area contributed by atoms with Crippen LogP contribution in [0.25, 0.3) is 0 Å². The molecule has 3 aliphatic heterocycles. The number of carbonyl (C=O) groups excluding carboxylic acids is 1. The van der Waals surface area contributed by atoms with Gasteiger partial charge in [-0.3, -0.25) is 4.79 Å². The van der Waals surface area contributed by atoms with Crippen LogP contribution in [0.3, 0.4) is 0 Å². The maximum absolute atomic E-state index is 12.7. The van der Waals surface area contributed by atoms with Gasteiger partial charge in [0.15, 0.2) is 0 Å². The van der Waals surface area contributed by atoms with E-state index in [4.69, 9.17) is 9.72 Å². The highest BCUT2D eigenvalue weighted by Gasteiger charge is 2.29. The predicted molar refractivity (Wildman–Crippen MR) is 101 cm³/mol. The molecule has 0 radical (unpaired) electrons. The summed E-state index contributed by atoms with van der Waals surface area (Å²) in [5.74, 6) is 2.30. The molecule has 142 valence electrons. The van der Waals surface area contributed by atoms with E-state index in [9.17, 15) is 4.79 Å². The number of nitrogens with zero attached hydrogens (tertiary/aromatic N) is 5. The average Bonchev–Trinajstić information content (AvgIpc) is 3.23. The zero-order valence-electron chi connectivity index (χ0n) is 15.7. The van der Waals surface area contributed by atoms with Gasteiger partial charge in [-0.1, -0.05) is 0 Å². The van der Waals surface area contributed by atoms with Gasteiger partial charge in [-0.05, 0) is 32.6 Å². The van der Waals surface area contributed by atoms with E-state index in [0.29, 0.717) is 19.1 Å². The molecule has 0 aromatic carbocycles. The quantitative estimate of drug-likeness (QED) is 0.814. The molecular weight excluding hydrogens is 330 g/mol. The molecule has 3 fully saturated rings. The van der Waals surface area contributed by atoms with Crippen molar-refractivity contribution in [3.8, 4) is 0 Å². The fourth-order valence-electron chi connectivity index (χ4n) is 4.12. The van der Waals surface area contributed by atoms with E-state index in [1.165, 1.54) is 12.8 Å². The lowest BCUT2D eigenvalue weighted by molar-refractivity contribution is -0.138. The Morgan fingerprint density at radius 2 is 1.69 bits per heavy atom. The maximum atomic E-state index is 12.7. The first-order valence-corrected chi connectivity index (χ1v) is 9.93. The molecule has 7 heteroatoms. The second kappa shape index (κ2) is 7.78. The lowest BCUT2D eigenvalue weighted by atomic mass is 9.98.